The van der Waals surface area contributed by atoms with E-state index in [1.807, 2.05) is 13.0 Å². The Hall–Kier alpha value is -2.62. The number of carbonyl (C=O) groups is 2. The number of carbonyl (C=O) groups excluding carboxylic acids is 2. The fourth-order valence-electron chi connectivity index (χ4n) is 6.08. The summed E-state index contributed by atoms with van der Waals surface area (Å²) in [6.45, 7) is 9.29. The minimum absolute atomic E-state index is 0.00402. The van der Waals surface area contributed by atoms with Gasteiger partial charge in [-0.15, -0.1) is 0 Å². The van der Waals surface area contributed by atoms with Gasteiger partial charge in [0.2, 0.25) is 5.91 Å². The van der Waals surface area contributed by atoms with Crippen LogP contribution in [0.4, 0.5) is 5.69 Å². The fourth-order valence-corrected chi connectivity index (χ4v) is 6.08. The predicted molar refractivity (Wildman–Crippen MR) is 117 cm³/mol. The van der Waals surface area contributed by atoms with E-state index in [1.165, 1.54) is 16.4 Å². The molecule has 150 valence electrons. The monoisotopic (exact) mass is 388 g/mol. The number of para-hydroxylation sites is 1. The number of ketones is 1. The molecule has 0 saturated heterocycles. The average molecular weight is 389 g/mol. The minimum Gasteiger partial charge on any atom is -0.341 e. The van der Waals surface area contributed by atoms with Crippen molar-refractivity contribution in [3.63, 3.8) is 0 Å². The van der Waals surface area contributed by atoms with Crippen molar-refractivity contribution < 1.29 is 9.59 Å². The van der Waals surface area contributed by atoms with Gasteiger partial charge >= 0.3 is 0 Å². The second-order valence-corrected chi connectivity index (χ2v) is 9.59. The van der Waals surface area contributed by atoms with E-state index < -0.39 is 5.41 Å². The molecule has 2 fully saturated rings. The van der Waals surface area contributed by atoms with Crippen LogP contribution >= 0.6 is 0 Å². The predicted octanol–water partition coefficient (Wildman–Crippen LogP) is 5.54. The molecule has 1 heterocycles. The van der Waals surface area contributed by atoms with Crippen molar-refractivity contribution in [1.29, 1.82) is 0 Å². The highest BCUT2D eigenvalue weighted by atomic mass is 16.2. The first-order valence-corrected chi connectivity index (χ1v) is 10.6. The second kappa shape index (κ2) is 5.71. The summed E-state index contributed by atoms with van der Waals surface area (Å²) in [5.41, 5.74) is 1.87. The molecule has 0 aliphatic heterocycles. The maximum atomic E-state index is 13.5. The number of anilines is 1. The number of nitrogens with zero attached hydrogens (tertiary/aromatic N) is 1. The summed E-state index contributed by atoms with van der Waals surface area (Å²) in [6.07, 6.45) is 1.94. The molecular formula is C25H28N2O2. The SMILES string of the molecule is CCn1c2ccccc2c2cc(NC(=O)[C@@]34CC[C@@](C)(C(=O)C3)C4(C)C)ccc21. The molecule has 0 spiro atoms. The zero-order chi connectivity index (χ0) is 20.6. The lowest BCUT2D eigenvalue weighted by Crippen LogP contribution is -2.43. The van der Waals surface area contributed by atoms with Gasteiger partial charge in [0.15, 0.2) is 0 Å². The first kappa shape index (κ1) is 18.4. The molecule has 2 atom stereocenters. The Labute approximate surface area is 171 Å². The first-order chi connectivity index (χ1) is 13.7. The Morgan fingerprint density at radius 1 is 1.03 bits per heavy atom. The number of hydrogen-bond donors (Lipinski definition) is 1. The Kier molecular flexibility index (Phi) is 3.63. The molecule has 0 unspecified atom stereocenters. The molecule has 1 aromatic heterocycles. The van der Waals surface area contributed by atoms with E-state index in [2.05, 4.69) is 67.1 Å². The summed E-state index contributed by atoms with van der Waals surface area (Å²) in [5.74, 6) is 0.237. The minimum atomic E-state index is -0.606. The van der Waals surface area contributed by atoms with Gasteiger partial charge in [-0.1, -0.05) is 39.0 Å². The molecule has 4 nitrogen and oxygen atoms in total. The first-order valence-electron chi connectivity index (χ1n) is 10.6. The lowest BCUT2D eigenvalue weighted by Gasteiger charge is -2.38. The fraction of sp³-hybridized carbons (Fsp3) is 0.440. The molecule has 1 amide bonds. The van der Waals surface area contributed by atoms with Gasteiger partial charge < -0.3 is 9.88 Å². The number of aromatic nitrogens is 1. The molecule has 2 aliphatic carbocycles. The van der Waals surface area contributed by atoms with E-state index in [1.54, 1.807) is 0 Å². The van der Waals surface area contributed by atoms with Crippen molar-refractivity contribution >= 4 is 39.2 Å². The summed E-state index contributed by atoms with van der Waals surface area (Å²) in [4.78, 5) is 26.2. The molecule has 2 aromatic carbocycles. The molecule has 1 N–H and O–H groups in total. The third-order valence-electron chi connectivity index (χ3n) is 8.49. The van der Waals surface area contributed by atoms with E-state index in [9.17, 15) is 9.59 Å². The van der Waals surface area contributed by atoms with Gasteiger partial charge in [-0.05, 0) is 49.4 Å². The highest BCUT2D eigenvalue weighted by Crippen LogP contribution is 2.70. The van der Waals surface area contributed by atoms with Crippen LogP contribution in [0.25, 0.3) is 21.8 Å². The van der Waals surface area contributed by atoms with Gasteiger partial charge in [0, 0.05) is 45.9 Å². The molecule has 29 heavy (non-hydrogen) atoms. The highest BCUT2D eigenvalue weighted by Gasteiger charge is 2.72. The quantitative estimate of drug-likeness (QED) is 0.640. The average Bonchev–Trinajstić information content (AvgIpc) is 3.18. The number of amides is 1. The van der Waals surface area contributed by atoms with Gasteiger partial charge in [-0.25, -0.2) is 0 Å². The van der Waals surface area contributed by atoms with Crippen molar-refractivity contribution in [1.82, 2.24) is 4.57 Å². The molecular weight excluding hydrogens is 360 g/mol. The largest absolute Gasteiger partial charge is 0.341 e. The maximum absolute atomic E-state index is 13.5. The van der Waals surface area contributed by atoms with Crippen LogP contribution < -0.4 is 5.32 Å². The van der Waals surface area contributed by atoms with E-state index in [0.29, 0.717) is 6.42 Å². The normalized spacial score (nSPS) is 27.8. The Balaban J connectivity index is 1.55. The zero-order valence-corrected chi connectivity index (χ0v) is 17.6. The topological polar surface area (TPSA) is 51.1 Å². The number of nitrogens with one attached hydrogen (secondary N) is 1. The van der Waals surface area contributed by atoms with Gasteiger partial charge in [-0.2, -0.15) is 0 Å². The third kappa shape index (κ3) is 2.09. The molecule has 2 saturated carbocycles. The Morgan fingerprint density at radius 2 is 1.76 bits per heavy atom. The Bertz CT molecular complexity index is 1190. The van der Waals surface area contributed by atoms with Crippen LogP contribution in [0.15, 0.2) is 42.5 Å². The smallest absolute Gasteiger partial charge is 0.231 e. The molecule has 4 heteroatoms. The summed E-state index contributed by atoms with van der Waals surface area (Å²) in [6, 6.07) is 14.5. The van der Waals surface area contributed by atoms with Crippen molar-refractivity contribution in [3.05, 3.63) is 42.5 Å². The molecule has 2 bridgehead atoms. The van der Waals surface area contributed by atoms with Crippen LogP contribution in [0.5, 0.6) is 0 Å². The standard InChI is InChI=1S/C25H28N2O2/c1-5-27-19-9-7-6-8-17(19)18-14-16(10-11-20(18)27)26-22(29)25-13-12-24(4,21(28)15-25)23(25,2)3/h6-11,14H,5,12-13,15H2,1-4H3,(H,26,29)/t24-,25+/m0/s1. The third-order valence-corrected chi connectivity index (χ3v) is 8.49. The van der Waals surface area contributed by atoms with Crippen molar-refractivity contribution in [3.8, 4) is 0 Å². The van der Waals surface area contributed by atoms with Gasteiger partial charge in [-0.3, -0.25) is 9.59 Å². The zero-order valence-electron chi connectivity index (χ0n) is 17.6. The number of aryl methyl sites for hydroxylation is 1. The molecule has 3 aromatic rings. The highest BCUT2D eigenvalue weighted by molar-refractivity contribution is 6.10. The summed E-state index contributed by atoms with van der Waals surface area (Å²) in [5, 5.41) is 5.53. The van der Waals surface area contributed by atoms with Crippen LogP contribution in [0.3, 0.4) is 0 Å². The lowest BCUT2D eigenvalue weighted by molar-refractivity contribution is -0.131. The number of rotatable bonds is 3. The van der Waals surface area contributed by atoms with E-state index in [4.69, 9.17) is 0 Å². The van der Waals surface area contributed by atoms with Gasteiger partial charge in [0.05, 0.1) is 5.41 Å². The molecule has 2 aliphatic rings. The van der Waals surface area contributed by atoms with E-state index in [-0.39, 0.29) is 22.5 Å². The van der Waals surface area contributed by atoms with Crippen LogP contribution in [0.2, 0.25) is 0 Å². The van der Waals surface area contributed by atoms with Crippen molar-refractivity contribution in [2.75, 3.05) is 5.32 Å². The maximum Gasteiger partial charge on any atom is 0.231 e. The second-order valence-electron chi connectivity index (χ2n) is 9.59. The molecule has 5 rings (SSSR count). The van der Waals surface area contributed by atoms with Gasteiger partial charge in [0.1, 0.15) is 5.78 Å². The van der Waals surface area contributed by atoms with Crippen LogP contribution in [0.1, 0.15) is 47.0 Å². The number of fused-ring (bicyclic) bond motifs is 5. The lowest BCUT2D eigenvalue weighted by atomic mass is 9.64. The summed E-state index contributed by atoms with van der Waals surface area (Å²) >= 11 is 0. The van der Waals surface area contributed by atoms with Crippen molar-refractivity contribution in [2.45, 2.75) is 53.5 Å². The number of Topliss-reactive ketones (excluding diaryl/α,β-unsaturated/α-hetero) is 1. The number of benzene rings is 2. The summed E-state index contributed by atoms with van der Waals surface area (Å²) < 4.78 is 2.30. The van der Waals surface area contributed by atoms with Crippen LogP contribution in [-0.2, 0) is 16.1 Å². The number of hydrogen-bond acceptors (Lipinski definition) is 2. The summed E-state index contributed by atoms with van der Waals surface area (Å²) in [7, 11) is 0. The van der Waals surface area contributed by atoms with E-state index >= 15 is 0 Å². The Morgan fingerprint density at radius 3 is 2.41 bits per heavy atom. The van der Waals surface area contributed by atoms with Gasteiger partial charge in [0.25, 0.3) is 0 Å². The van der Waals surface area contributed by atoms with Crippen LogP contribution in [-0.4, -0.2) is 16.3 Å². The van der Waals surface area contributed by atoms with Crippen molar-refractivity contribution in [2.24, 2.45) is 16.2 Å². The van der Waals surface area contributed by atoms with Crippen LogP contribution in [0, 0.1) is 16.2 Å². The van der Waals surface area contributed by atoms with E-state index in [0.717, 1.165) is 30.5 Å². The molecule has 0 radical (unpaired) electrons.